The van der Waals surface area contributed by atoms with Crippen LogP contribution in [0.3, 0.4) is 0 Å². The van der Waals surface area contributed by atoms with E-state index in [-0.39, 0.29) is 0 Å². The van der Waals surface area contributed by atoms with Crippen molar-refractivity contribution in [1.82, 2.24) is 4.98 Å². The summed E-state index contributed by atoms with van der Waals surface area (Å²) in [6.07, 6.45) is 1.27. The molecule has 1 rings (SSSR count). The Morgan fingerprint density at radius 2 is 2.08 bits per heavy atom. The molecule has 0 aliphatic carbocycles. The number of hydrogen-bond donors (Lipinski definition) is 1. The van der Waals surface area contributed by atoms with Crippen LogP contribution in [-0.4, -0.2) is 24.2 Å². The Morgan fingerprint density at radius 3 is 2.42 bits per heavy atom. The van der Waals surface area contributed by atoms with Crippen molar-refractivity contribution >= 4 is 5.69 Å². The minimum absolute atomic E-state index is 0.485. The van der Waals surface area contributed by atoms with E-state index in [1.165, 1.54) is 0 Å². The molecular formula is C9H14N2O. The highest BCUT2D eigenvalue weighted by Gasteiger charge is 2.01. The van der Waals surface area contributed by atoms with Gasteiger partial charge in [0.15, 0.2) is 0 Å². The van der Waals surface area contributed by atoms with Gasteiger partial charge in [0.1, 0.15) is 0 Å². The first-order valence-electron chi connectivity index (χ1n) is 3.92. The molecule has 12 heavy (non-hydrogen) atoms. The van der Waals surface area contributed by atoms with Crippen molar-refractivity contribution < 1.29 is 5.11 Å². The molecule has 1 heterocycles. The van der Waals surface area contributed by atoms with Crippen molar-refractivity contribution in [3.05, 3.63) is 24.0 Å². The van der Waals surface area contributed by atoms with E-state index in [2.05, 4.69) is 4.98 Å². The minimum atomic E-state index is -0.485. The molecule has 1 N–H and O–H groups in total. The molecule has 0 saturated heterocycles. The Bertz CT molecular complexity index is 214. The largest absolute Gasteiger partial charge is 0.387 e. The number of hydrogen-bond acceptors (Lipinski definition) is 3. The molecule has 0 aliphatic heterocycles. The number of anilines is 1. The van der Waals surface area contributed by atoms with Crippen LogP contribution in [0.25, 0.3) is 0 Å². The van der Waals surface area contributed by atoms with Crippen molar-refractivity contribution in [1.29, 1.82) is 0 Å². The van der Waals surface area contributed by atoms with E-state index < -0.39 is 6.10 Å². The van der Waals surface area contributed by atoms with Crippen molar-refractivity contribution in [2.24, 2.45) is 0 Å². The van der Waals surface area contributed by atoms with Gasteiger partial charge in [0, 0.05) is 14.1 Å². The second-order valence-electron chi connectivity index (χ2n) is 3.01. The zero-order chi connectivity index (χ0) is 9.14. The Balaban J connectivity index is 2.86. The first kappa shape index (κ1) is 9.00. The summed E-state index contributed by atoms with van der Waals surface area (Å²) in [5.74, 6) is 0. The van der Waals surface area contributed by atoms with Crippen LogP contribution in [0.2, 0.25) is 0 Å². The quantitative estimate of drug-likeness (QED) is 0.717. The summed E-state index contributed by atoms with van der Waals surface area (Å²) in [7, 11) is 3.91. The highest BCUT2D eigenvalue weighted by molar-refractivity contribution is 5.42. The number of aromatic nitrogens is 1. The molecule has 0 radical (unpaired) electrons. The SMILES string of the molecule is C[C@H](O)c1ccc(N(C)C)cn1. The van der Waals surface area contributed by atoms with Gasteiger partial charge in [-0.1, -0.05) is 0 Å². The highest BCUT2D eigenvalue weighted by atomic mass is 16.3. The van der Waals surface area contributed by atoms with Crippen LogP contribution >= 0.6 is 0 Å². The van der Waals surface area contributed by atoms with Crippen LogP contribution < -0.4 is 4.90 Å². The van der Waals surface area contributed by atoms with Crippen LogP contribution in [0.4, 0.5) is 5.69 Å². The molecule has 1 atom stereocenters. The second kappa shape index (κ2) is 3.54. The lowest BCUT2D eigenvalue weighted by molar-refractivity contribution is 0.194. The number of nitrogens with zero attached hydrogens (tertiary/aromatic N) is 2. The third kappa shape index (κ3) is 1.95. The normalized spacial score (nSPS) is 12.7. The number of pyridine rings is 1. The van der Waals surface area contributed by atoms with Gasteiger partial charge in [-0.25, -0.2) is 0 Å². The Kier molecular flexibility index (Phi) is 2.65. The molecule has 0 unspecified atom stereocenters. The molecule has 0 bridgehead atoms. The monoisotopic (exact) mass is 166 g/mol. The van der Waals surface area contributed by atoms with Gasteiger partial charge in [-0.05, 0) is 19.1 Å². The lowest BCUT2D eigenvalue weighted by Gasteiger charge is -2.12. The lowest BCUT2D eigenvalue weighted by atomic mass is 10.2. The summed E-state index contributed by atoms with van der Waals surface area (Å²) in [4.78, 5) is 6.08. The summed E-state index contributed by atoms with van der Waals surface area (Å²) in [5, 5.41) is 9.18. The average molecular weight is 166 g/mol. The molecule has 0 saturated carbocycles. The number of rotatable bonds is 2. The van der Waals surface area contributed by atoms with E-state index in [9.17, 15) is 5.11 Å². The summed E-state index contributed by atoms with van der Waals surface area (Å²) in [6.45, 7) is 1.71. The topological polar surface area (TPSA) is 36.4 Å². The minimum Gasteiger partial charge on any atom is -0.387 e. The van der Waals surface area contributed by atoms with E-state index in [0.29, 0.717) is 5.69 Å². The van der Waals surface area contributed by atoms with E-state index >= 15 is 0 Å². The molecule has 3 heteroatoms. The zero-order valence-electron chi connectivity index (χ0n) is 7.65. The Morgan fingerprint density at radius 1 is 1.42 bits per heavy atom. The summed E-state index contributed by atoms with van der Waals surface area (Å²) in [5.41, 5.74) is 1.75. The maximum absolute atomic E-state index is 9.18. The van der Waals surface area contributed by atoms with Crippen molar-refractivity contribution in [3.8, 4) is 0 Å². The Labute approximate surface area is 72.7 Å². The van der Waals surface area contributed by atoms with Gasteiger partial charge in [-0.3, -0.25) is 4.98 Å². The second-order valence-corrected chi connectivity index (χ2v) is 3.01. The third-order valence-corrected chi connectivity index (χ3v) is 1.72. The van der Waals surface area contributed by atoms with Crippen LogP contribution in [-0.2, 0) is 0 Å². The van der Waals surface area contributed by atoms with Crippen LogP contribution in [0.15, 0.2) is 18.3 Å². The zero-order valence-corrected chi connectivity index (χ0v) is 7.65. The average Bonchev–Trinajstić information content (AvgIpc) is 2.04. The van der Waals surface area contributed by atoms with Gasteiger partial charge < -0.3 is 10.0 Å². The standard InChI is InChI=1S/C9H14N2O/c1-7(12)9-5-4-8(6-10-9)11(2)3/h4-7,12H,1-3H3/t7-/m0/s1. The van der Waals surface area contributed by atoms with Crippen LogP contribution in [0.5, 0.6) is 0 Å². The maximum atomic E-state index is 9.18. The molecule has 3 nitrogen and oxygen atoms in total. The predicted molar refractivity (Wildman–Crippen MR) is 49.2 cm³/mol. The van der Waals surface area contributed by atoms with Gasteiger partial charge in [0.2, 0.25) is 0 Å². The van der Waals surface area contributed by atoms with Crippen LogP contribution in [0, 0.1) is 0 Å². The first-order chi connectivity index (χ1) is 5.61. The van der Waals surface area contributed by atoms with Crippen LogP contribution in [0.1, 0.15) is 18.7 Å². The molecule has 0 amide bonds. The van der Waals surface area contributed by atoms with E-state index in [4.69, 9.17) is 0 Å². The molecule has 1 aromatic rings. The lowest BCUT2D eigenvalue weighted by Crippen LogP contribution is -2.09. The van der Waals surface area contributed by atoms with Crippen molar-refractivity contribution in [3.63, 3.8) is 0 Å². The van der Waals surface area contributed by atoms with E-state index in [0.717, 1.165) is 5.69 Å². The molecule has 0 aliphatic rings. The summed E-state index contributed by atoms with van der Waals surface area (Å²) < 4.78 is 0. The molecule has 0 aromatic carbocycles. The van der Waals surface area contributed by atoms with E-state index in [1.54, 1.807) is 13.1 Å². The van der Waals surface area contributed by atoms with Gasteiger partial charge in [0.25, 0.3) is 0 Å². The fourth-order valence-corrected chi connectivity index (χ4v) is 0.909. The smallest absolute Gasteiger partial charge is 0.0931 e. The molecule has 0 fully saturated rings. The fraction of sp³-hybridized carbons (Fsp3) is 0.444. The van der Waals surface area contributed by atoms with Gasteiger partial charge >= 0.3 is 0 Å². The molecule has 1 aromatic heterocycles. The van der Waals surface area contributed by atoms with Gasteiger partial charge in [-0.15, -0.1) is 0 Å². The Hall–Kier alpha value is -1.09. The van der Waals surface area contributed by atoms with Crippen molar-refractivity contribution in [2.45, 2.75) is 13.0 Å². The third-order valence-electron chi connectivity index (χ3n) is 1.72. The summed E-state index contributed by atoms with van der Waals surface area (Å²) >= 11 is 0. The number of aliphatic hydroxyl groups excluding tert-OH is 1. The van der Waals surface area contributed by atoms with Gasteiger partial charge in [0.05, 0.1) is 23.7 Å². The first-order valence-corrected chi connectivity index (χ1v) is 3.92. The van der Waals surface area contributed by atoms with Crippen molar-refractivity contribution in [2.75, 3.05) is 19.0 Å². The summed E-state index contributed by atoms with van der Waals surface area (Å²) in [6, 6.07) is 3.77. The van der Waals surface area contributed by atoms with E-state index in [1.807, 2.05) is 31.1 Å². The maximum Gasteiger partial charge on any atom is 0.0931 e. The molecule has 0 spiro atoms. The molecule has 66 valence electrons. The number of aliphatic hydroxyl groups is 1. The fourth-order valence-electron chi connectivity index (χ4n) is 0.909. The van der Waals surface area contributed by atoms with Gasteiger partial charge in [-0.2, -0.15) is 0 Å². The highest BCUT2D eigenvalue weighted by Crippen LogP contribution is 2.13. The predicted octanol–water partition coefficient (Wildman–Crippen LogP) is 1.20. The molecular weight excluding hydrogens is 152 g/mol.